The van der Waals surface area contributed by atoms with Gasteiger partial charge in [-0.3, -0.25) is 4.79 Å². The van der Waals surface area contributed by atoms with Crippen LogP contribution in [-0.2, 0) is 4.79 Å². The molecule has 102 valence electrons. The smallest absolute Gasteiger partial charge is 0.250 e. The Morgan fingerprint density at radius 2 is 1.84 bits per heavy atom. The van der Waals surface area contributed by atoms with Crippen LogP contribution in [0.25, 0.3) is 0 Å². The Morgan fingerprint density at radius 1 is 1.11 bits per heavy atom. The molecule has 3 heteroatoms. The molecule has 2 N–H and O–H groups in total. The summed E-state index contributed by atoms with van der Waals surface area (Å²) in [6, 6.07) is 6.37. The van der Waals surface area contributed by atoms with Crippen molar-refractivity contribution in [3.63, 3.8) is 0 Å². The van der Waals surface area contributed by atoms with Crippen LogP contribution < -0.4 is 10.6 Å². The maximum atomic E-state index is 12.4. The predicted octanol–water partition coefficient (Wildman–Crippen LogP) is 3.88. The number of rotatable bonds is 1. The van der Waals surface area contributed by atoms with Gasteiger partial charge in [0.2, 0.25) is 5.91 Å². The molecule has 1 spiro atoms. The van der Waals surface area contributed by atoms with E-state index in [1.54, 1.807) is 0 Å². The summed E-state index contributed by atoms with van der Waals surface area (Å²) in [5.41, 5.74) is 2.92. The van der Waals surface area contributed by atoms with Gasteiger partial charge in [0.15, 0.2) is 0 Å². The van der Waals surface area contributed by atoms with Crippen LogP contribution in [0.1, 0.15) is 57.4 Å². The van der Waals surface area contributed by atoms with Crippen molar-refractivity contribution in [2.24, 2.45) is 0 Å². The number of anilines is 2. The Kier molecular flexibility index (Phi) is 3.00. The van der Waals surface area contributed by atoms with E-state index in [-0.39, 0.29) is 11.4 Å². The van der Waals surface area contributed by atoms with E-state index < -0.39 is 0 Å². The molecule has 0 saturated heterocycles. The van der Waals surface area contributed by atoms with Crippen LogP contribution in [0.5, 0.6) is 0 Å². The van der Waals surface area contributed by atoms with Gasteiger partial charge < -0.3 is 10.6 Å². The molecule has 1 amide bonds. The molecule has 0 unspecified atom stereocenters. The summed E-state index contributed by atoms with van der Waals surface area (Å²) < 4.78 is 0. The molecule has 0 atom stereocenters. The number of fused-ring (bicyclic) bond motifs is 1. The molecule has 19 heavy (non-hydrogen) atoms. The highest BCUT2D eigenvalue weighted by atomic mass is 16.2. The molecule has 1 aliphatic heterocycles. The Labute approximate surface area is 114 Å². The molecule has 0 radical (unpaired) electrons. The quantitative estimate of drug-likeness (QED) is 0.802. The molecule has 1 saturated carbocycles. The Bertz CT molecular complexity index is 501. The summed E-state index contributed by atoms with van der Waals surface area (Å²) in [5.74, 6) is 0.633. The van der Waals surface area contributed by atoms with Gasteiger partial charge in [-0.05, 0) is 36.5 Å². The van der Waals surface area contributed by atoms with Crippen LogP contribution in [0.2, 0.25) is 0 Å². The van der Waals surface area contributed by atoms with Crippen LogP contribution in [0.15, 0.2) is 18.2 Å². The third kappa shape index (κ3) is 2.11. The van der Waals surface area contributed by atoms with Gasteiger partial charge in [-0.25, -0.2) is 0 Å². The molecule has 1 fully saturated rings. The van der Waals surface area contributed by atoms with Crippen molar-refractivity contribution in [1.29, 1.82) is 0 Å². The molecule has 1 heterocycles. The van der Waals surface area contributed by atoms with Crippen molar-refractivity contribution in [3.05, 3.63) is 23.8 Å². The Balaban J connectivity index is 1.93. The van der Waals surface area contributed by atoms with Gasteiger partial charge in [0, 0.05) is 0 Å². The number of amides is 1. The molecular weight excluding hydrogens is 236 g/mol. The summed E-state index contributed by atoms with van der Waals surface area (Å²) >= 11 is 0. The number of hydrogen-bond acceptors (Lipinski definition) is 2. The first-order valence-electron chi connectivity index (χ1n) is 7.34. The van der Waals surface area contributed by atoms with E-state index in [1.165, 1.54) is 12.0 Å². The molecule has 3 nitrogen and oxygen atoms in total. The molecular formula is C16H22N2O. The lowest BCUT2D eigenvalue weighted by Crippen LogP contribution is -2.53. The van der Waals surface area contributed by atoms with Crippen LogP contribution in [-0.4, -0.2) is 11.4 Å². The van der Waals surface area contributed by atoms with Crippen LogP contribution in [0.4, 0.5) is 11.4 Å². The van der Waals surface area contributed by atoms with Crippen molar-refractivity contribution in [1.82, 2.24) is 0 Å². The van der Waals surface area contributed by atoms with Crippen molar-refractivity contribution < 1.29 is 4.79 Å². The first-order chi connectivity index (χ1) is 9.11. The minimum Gasteiger partial charge on any atom is -0.370 e. The second-order valence-corrected chi connectivity index (χ2v) is 6.18. The third-order valence-electron chi connectivity index (χ3n) is 4.47. The highest BCUT2D eigenvalue weighted by molar-refractivity contribution is 6.06. The van der Waals surface area contributed by atoms with Gasteiger partial charge in [0.05, 0.1) is 11.4 Å². The Morgan fingerprint density at radius 3 is 2.53 bits per heavy atom. The normalized spacial score (nSPS) is 20.9. The minimum absolute atomic E-state index is 0.153. The van der Waals surface area contributed by atoms with Crippen LogP contribution in [0.3, 0.4) is 0 Å². The van der Waals surface area contributed by atoms with Crippen molar-refractivity contribution in [3.8, 4) is 0 Å². The second-order valence-electron chi connectivity index (χ2n) is 6.18. The van der Waals surface area contributed by atoms with E-state index in [9.17, 15) is 4.79 Å². The minimum atomic E-state index is -0.357. The highest BCUT2D eigenvalue weighted by Gasteiger charge is 2.42. The zero-order valence-corrected chi connectivity index (χ0v) is 11.8. The van der Waals surface area contributed by atoms with E-state index in [2.05, 4.69) is 42.7 Å². The fourth-order valence-electron chi connectivity index (χ4n) is 3.20. The van der Waals surface area contributed by atoms with Gasteiger partial charge in [-0.2, -0.15) is 0 Å². The summed E-state index contributed by atoms with van der Waals surface area (Å²) in [4.78, 5) is 12.4. The second kappa shape index (κ2) is 4.55. The molecule has 1 aliphatic carbocycles. The lowest BCUT2D eigenvalue weighted by atomic mass is 9.79. The van der Waals surface area contributed by atoms with E-state index in [0.717, 1.165) is 37.1 Å². The fraction of sp³-hybridized carbons (Fsp3) is 0.562. The van der Waals surface area contributed by atoms with Gasteiger partial charge >= 0.3 is 0 Å². The Hall–Kier alpha value is -1.51. The number of carbonyl (C=O) groups is 1. The maximum absolute atomic E-state index is 12.4. The topological polar surface area (TPSA) is 41.1 Å². The SMILES string of the molecule is CC(C)c1ccc2c(c1)NC(=O)C1(CCCCC1)N2. The van der Waals surface area contributed by atoms with Crippen molar-refractivity contribution in [2.45, 2.75) is 57.4 Å². The lowest BCUT2D eigenvalue weighted by molar-refractivity contribution is -0.121. The van der Waals surface area contributed by atoms with Crippen molar-refractivity contribution in [2.75, 3.05) is 10.6 Å². The fourth-order valence-corrected chi connectivity index (χ4v) is 3.20. The molecule has 2 aliphatic rings. The van der Waals surface area contributed by atoms with E-state index in [4.69, 9.17) is 0 Å². The maximum Gasteiger partial charge on any atom is 0.250 e. The van der Waals surface area contributed by atoms with Gasteiger partial charge in [0.25, 0.3) is 0 Å². The summed E-state index contributed by atoms with van der Waals surface area (Å²) in [7, 11) is 0. The third-order valence-corrected chi connectivity index (χ3v) is 4.47. The lowest BCUT2D eigenvalue weighted by Gasteiger charge is -2.41. The summed E-state index contributed by atoms with van der Waals surface area (Å²) in [6.45, 7) is 4.34. The first-order valence-corrected chi connectivity index (χ1v) is 7.34. The van der Waals surface area contributed by atoms with Gasteiger partial charge in [0.1, 0.15) is 5.54 Å². The summed E-state index contributed by atoms with van der Waals surface area (Å²) in [5, 5.41) is 6.63. The molecule has 1 aromatic rings. The molecule has 0 bridgehead atoms. The first kappa shape index (κ1) is 12.5. The van der Waals surface area contributed by atoms with E-state index in [0.29, 0.717) is 5.92 Å². The number of carbonyl (C=O) groups excluding carboxylic acids is 1. The predicted molar refractivity (Wildman–Crippen MR) is 78.6 cm³/mol. The number of nitrogens with one attached hydrogen (secondary N) is 2. The van der Waals surface area contributed by atoms with Crippen LogP contribution in [0, 0.1) is 0 Å². The van der Waals surface area contributed by atoms with E-state index >= 15 is 0 Å². The average Bonchev–Trinajstić information content (AvgIpc) is 2.40. The molecule has 1 aromatic carbocycles. The zero-order valence-electron chi connectivity index (χ0n) is 11.8. The monoisotopic (exact) mass is 258 g/mol. The van der Waals surface area contributed by atoms with Crippen molar-refractivity contribution >= 4 is 17.3 Å². The highest BCUT2D eigenvalue weighted by Crippen LogP contribution is 2.39. The zero-order chi connectivity index (χ0) is 13.5. The van der Waals surface area contributed by atoms with Gasteiger partial charge in [-0.15, -0.1) is 0 Å². The molecule has 3 rings (SSSR count). The van der Waals surface area contributed by atoms with Crippen LogP contribution >= 0.6 is 0 Å². The largest absolute Gasteiger partial charge is 0.370 e. The average molecular weight is 258 g/mol. The molecule has 0 aromatic heterocycles. The van der Waals surface area contributed by atoms with E-state index in [1.807, 2.05) is 0 Å². The number of hydrogen-bond donors (Lipinski definition) is 2. The van der Waals surface area contributed by atoms with Gasteiger partial charge in [-0.1, -0.05) is 39.2 Å². The number of benzene rings is 1. The standard InChI is InChI=1S/C16H22N2O/c1-11(2)12-6-7-13-14(10-12)17-15(19)16(18-13)8-4-3-5-9-16/h6-7,10-11,18H,3-5,8-9H2,1-2H3,(H,17,19). The summed E-state index contributed by atoms with van der Waals surface area (Å²) in [6.07, 6.45) is 5.42.